The molecule has 6 nitrogen and oxygen atoms in total. The molecule has 0 aliphatic heterocycles. The van der Waals surface area contributed by atoms with Gasteiger partial charge in [-0.1, -0.05) is 19.9 Å². The maximum absolute atomic E-state index is 12.6. The van der Waals surface area contributed by atoms with Gasteiger partial charge in [0.15, 0.2) is 0 Å². The summed E-state index contributed by atoms with van der Waals surface area (Å²) in [7, 11) is 3.18. The van der Waals surface area contributed by atoms with Gasteiger partial charge in [0.2, 0.25) is 5.91 Å². The Morgan fingerprint density at radius 3 is 2.68 bits per heavy atom. The molecule has 0 aliphatic carbocycles. The highest BCUT2D eigenvalue weighted by molar-refractivity contribution is 7.13. The minimum absolute atomic E-state index is 0.0373. The number of aryl methyl sites for hydroxylation is 1. The third kappa shape index (κ3) is 4.79. The Kier molecular flexibility index (Phi) is 6.14. The van der Waals surface area contributed by atoms with Crippen molar-refractivity contribution < 1.29 is 14.3 Å². The molecule has 0 unspecified atom stereocenters. The molecule has 2 aromatic rings. The number of anilines is 1. The smallest absolute Gasteiger partial charge is 0.266 e. The molecule has 1 aromatic heterocycles. The second kappa shape index (κ2) is 8.11. The fourth-order valence-corrected chi connectivity index (χ4v) is 3.29. The van der Waals surface area contributed by atoms with Gasteiger partial charge >= 0.3 is 0 Å². The molecule has 0 saturated heterocycles. The number of rotatable bonds is 6. The van der Waals surface area contributed by atoms with Crippen LogP contribution in [0.4, 0.5) is 5.69 Å². The summed E-state index contributed by atoms with van der Waals surface area (Å²) in [6.45, 7) is 5.86. The lowest BCUT2D eigenvalue weighted by atomic mass is 10.2. The van der Waals surface area contributed by atoms with Gasteiger partial charge in [0.1, 0.15) is 10.6 Å². The van der Waals surface area contributed by atoms with Crippen LogP contribution < -0.4 is 10.1 Å². The predicted molar refractivity (Wildman–Crippen MR) is 99.5 cm³/mol. The molecular formula is C18H23N3O3S. The minimum Gasteiger partial charge on any atom is -0.497 e. The number of amides is 2. The molecule has 0 atom stereocenters. The van der Waals surface area contributed by atoms with Crippen molar-refractivity contribution in [2.75, 3.05) is 26.0 Å². The molecule has 1 aromatic carbocycles. The molecule has 0 fully saturated rings. The van der Waals surface area contributed by atoms with E-state index in [1.54, 1.807) is 38.4 Å². The van der Waals surface area contributed by atoms with Crippen LogP contribution in [0.15, 0.2) is 24.3 Å². The Labute approximate surface area is 151 Å². The second-order valence-electron chi connectivity index (χ2n) is 6.06. The monoisotopic (exact) mass is 361 g/mol. The van der Waals surface area contributed by atoms with Crippen LogP contribution in [0.3, 0.4) is 0 Å². The summed E-state index contributed by atoms with van der Waals surface area (Å²) in [6.07, 6.45) is 0. The van der Waals surface area contributed by atoms with Gasteiger partial charge in [-0.25, -0.2) is 4.98 Å². The Balaban J connectivity index is 2.01. The lowest BCUT2D eigenvalue weighted by Crippen LogP contribution is -2.34. The Morgan fingerprint density at radius 1 is 1.36 bits per heavy atom. The van der Waals surface area contributed by atoms with E-state index in [-0.39, 0.29) is 24.3 Å². The zero-order chi connectivity index (χ0) is 18.6. The minimum atomic E-state index is -0.268. The van der Waals surface area contributed by atoms with Gasteiger partial charge in [0.05, 0.1) is 24.4 Å². The van der Waals surface area contributed by atoms with Crippen LogP contribution in [0.1, 0.15) is 40.1 Å². The molecule has 25 heavy (non-hydrogen) atoms. The SMILES string of the molecule is COc1cccc(NC(=O)CN(C)C(=O)c2sc(C(C)C)nc2C)c1. The number of thiazole rings is 1. The molecular weight excluding hydrogens is 338 g/mol. The van der Waals surface area contributed by atoms with Gasteiger partial charge in [0, 0.05) is 24.7 Å². The van der Waals surface area contributed by atoms with Crippen LogP contribution in [-0.4, -0.2) is 42.4 Å². The molecule has 1 heterocycles. The van der Waals surface area contributed by atoms with Crippen molar-refractivity contribution in [3.63, 3.8) is 0 Å². The average Bonchev–Trinajstić information content (AvgIpc) is 2.96. The van der Waals surface area contributed by atoms with E-state index in [0.717, 1.165) is 5.01 Å². The first-order chi connectivity index (χ1) is 11.8. The van der Waals surface area contributed by atoms with Gasteiger partial charge in [-0.3, -0.25) is 9.59 Å². The number of hydrogen-bond donors (Lipinski definition) is 1. The Bertz CT molecular complexity index is 771. The van der Waals surface area contributed by atoms with E-state index in [0.29, 0.717) is 22.0 Å². The Morgan fingerprint density at radius 2 is 2.08 bits per heavy atom. The first-order valence-electron chi connectivity index (χ1n) is 7.98. The third-order valence-corrected chi connectivity index (χ3v) is 5.03. The van der Waals surface area contributed by atoms with Crippen molar-refractivity contribution in [2.45, 2.75) is 26.7 Å². The van der Waals surface area contributed by atoms with Gasteiger partial charge in [0.25, 0.3) is 5.91 Å². The largest absolute Gasteiger partial charge is 0.497 e. The molecule has 0 radical (unpaired) electrons. The molecule has 134 valence electrons. The number of carbonyl (C=O) groups excluding carboxylic acids is 2. The normalized spacial score (nSPS) is 10.6. The van der Waals surface area contributed by atoms with E-state index in [1.807, 2.05) is 20.8 Å². The lowest BCUT2D eigenvalue weighted by molar-refractivity contribution is -0.116. The predicted octanol–water partition coefficient (Wildman–Crippen LogP) is 3.29. The molecule has 0 saturated carbocycles. The first kappa shape index (κ1) is 18.9. The van der Waals surface area contributed by atoms with Crippen molar-refractivity contribution in [1.82, 2.24) is 9.88 Å². The average molecular weight is 361 g/mol. The zero-order valence-electron chi connectivity index (χ0n) is 15.1. The molecule has 2 amide bonds. The second-order valence-corrected chi connectivity index (χ2v) is 7.09. The van der Waals surface area contributed by atoms with Crippen molar-refractivity contribution in [3.8, 4) is 5.75 Å². The van der Waals surface area contributed by atoms with Crippen LogP contribution >= 0.6 is 11.3 Å². The van der Waals surface area contributed by atoms with Crippen LogP contribution in [0, 0.1) is 6.92 Å². The fraction of sp³-hybridized carbons (Fsp3) is 0.389. The van der Waals surface area contributed by atoms with Crippen molar-refractivity contribution >= 4 is 28.8 Å². The van der Waals surface area contributed by atoms with Gasteiger partial charge in [-0.2, -0.15) is 0 Å². The van der Waals surface area contributed by atoms with E-state index in [9.17, 15) is 9.59 Å². The summed E-state index contributed by atoms with van der Waals surface area (Å²) in [5.74, 6) is 0.466. The number of nitrogens with zero attached hydrogens (tertiary/aromatic N) is 2. The molecule has 7 heteroatoms. The standard InChI is InChI=1S/C18H23N3O3S/c1-11(2)17-19-12(3)16(25-17)18(23)21(4)10-15(22)20-13-7-6-8-14(9-13)24-5/h6-9,11H,10H2,1-5H3,(H,20,22). The summed E-state index contributed by atoms with van der Waals surface area (Å²) in [5.41, 5.74) is 1.33. The van der Waals surface area contributed by atoms with Crippen molar-refractivity contribution in [1.29, 1.82) is 0 Å². The zero-order valence-corrected chi connectivity index (χ0v) is 15.9. The lowest BCUT2D eigenvalue weighted by Gasteiger charge is -2.16. The molecule has 0 aliphatic rings. The van der Waals surface area contributed by atoms with Crippen LogP contribution in [-0.2, 0) is 4.79 Å². The van der Waals surface area contributed by atoms with E-state index in [2.05, 4.69) is 10.3 Å². The number of benzene rings is 1. The van der Waals surface area contributed by atoms with Crippen molar-refractivity contribution in [2.24, 2.45) is 0 Å². The highest BCUT2D eigenvalue weighted by Crippen LogP contribution is 2.25. The molecule has 0 bridgehead atoms. The molecule has 1 N–H and O–H groups in total. The van der Waals surface area contributed by atoms with E-state index in [4.69, 9.17) is 4.74 Å². The summed E-state index contributed by atoms with van der Waals surface area (Å²) in [5, 5.41) is 3.69. The maximum Gasteiger partial charge on any atom is 0.266 e. The van der Waals surface area contributed by atoms with E-state index < -0.39 is 0 Å². The number of aromatic nitrogens is 1. The van der Waals surface area contributed by atoms with Crippen LogP contribution in [0.25, 0.3) is 0 Å². The Hall–Kier alpha value is -2.41. The molecule has 2 rings (SSSR count). The fourth-order valence-electron chi connectivity index (χ4n) is 2.22. The number of hydrogen-bond acceptors (Lipinski definition) is 5. The first-order valence-corrected chi connectivity index (χ1v) is 8.80. The highest BCUT2D eigenvalue weighted by Gasteiger charge is 2.21. The third-order valence-electron chi connectivity index (χ3n) is 3.58. The summed E-state index contributed by atoms with van der Waals surface area (Å²) in [6, 6.07) is 7.08. The summed E-state index contributed by atoms with van der Waals surface area (Å²) < 4.78 is 5.13. The van der Waals surface area contributed by atoms with Gasteiger partial charge in [-0.05, 0) is 19.1 Å². The number of carbonyl (C=O) groups is 2. The number of ether oxygens (including phenoxy) is 1. The molecule has 0 spiro atoms. The van der Waals surface area contributed by atoms with E-state index in [1.165, 1.54) is 16.2 Å². The van der Waals surface area contributed by atoms with Gasteiger partial charge < -0.3 is 15.0 Å². The quantitative estimate of drug-likeness (QED) is 0.857. The maximum atomic E-state index is 12.6. The van der Waals surface area contributed by atoms with Crippen LogP contribution in [0.5, 0.6) is 5.75 Å². The van der Waals surface area contributed by atoms with Crippen molar-refractivity contribution in [3.05, 3.63) is 39.8 Å². The number of methoxy groups -OCH3 is 1. The topological polar surface area (TPSA) is 71.5 Å². The number of nitrogens with one attached hydrogen (secondary N) is 1. The summed E-state index contributed by atoms with van der Waals surface area (Å²) in [4.78, 5) is 31.2. The van der Waals surface area contributed by atoms with E-state index >= 15 is 0 Å². The summed E-state index contributed by atoms with van der Waals surface area (Å²) >= 11 is 1.39. The van der Waals surface area contributed by atoms with Crippen LogP contribution in [0.2, 0.25) is 0 Å². The van der Waals surface area contributed by atoms with Gasteiger partial charge in [-0.15, -0.1) is 11.3 Å². The highest BCUT2D eigenvalue weighted by atomic mass is 32.1. The number of likely N-dealkylation sites (N-methyl/N-ethyl adjacent to an activating group) is 1.